The van der Waals surface area contributed by atoms with Crippen LogP contribution >= 0.6 is 0 Å². The average Bonchev–Trinajstić information content (AvgIpc) is 2.23. The maximum absolute atomic E-state index is 11.3. The van der Waals surface area contributed by atoms with Crippen molar-refractivity contribution in [2.45, 2.75) is 25.7 Å². The van der Waals surface area contributed by atoms with E-state index in [0.29, 0.717) is 19.3 Å². The molecule has 0 fully saturated rings. The van der Waals surface area contributed by atoms with Gasteiger partial charge in [0.05, 0.1) is 0 Å². The Labute approximate surface area is 90.5 Å². The van der Waals surface area contributed by atoms with E-state index >= 15 is 0 Å². The zero-order chi connectivity index (χ0) is 11.1. The molecule has 0 aliphatic carbocycles. The number of rotatable bonds is 5. The lowest BCUT2D eigenvalue weighted by Gasteiger charge is -2.01. The summed E-state index contributed by atoms with van der Waals surface area (Å²) in [5, 5.41) is 0. The van der Waals surface area contributed by atoms with Gasteiger partial charge < -0.3 is 5.73 Å². The number of aryl methyl sites for hydroxylation is 1. The lowest BCUT2D eigenvalue weighted by molar-refractivity contribution is -0.118. The molecule has 0 saturated carbocycles. The summed E-state index contributed by atoms with van der Waals surface area (Å²) in [4.78, 5) is 11.3. The zero-order valence-corrected chi connectivity index (χ0v) is 8.70. The molecule has 0 atom stereocenters. The summed E-state index contributed by atoms with van der Waals surface area (Å²) < 4.78 is 0. The average molecular weight is 201 g/mol. The number of benzene rings is 1. The van der Waals surface area contributed by atoms with Crippen molar-refractivity contribution >= 4 is 11.5 Å². The molecule has 0 spiro atoms. The molecule has 1 aromatic rings. The largest absolute Gasteiger partial charge is 0.399 e. The van der Waals surface area contributed by atoms with Crippen LogP contribution in [0.5, 0.6) is 0 Å². The van der Waals surface area contributed by atoms with E-state index in [-0.39, 0.29) is 5.78 Å². The summed E-state index contributed by atoms with van der Waals surface area (Å²) in [6.07, 6.45) is 7.40. The first-order valence-electron chi connectivity index (χ1n) is 5.02. The van der Waals surface area contributed by atoms with Crippen molar-refractivity contribution in [2.24, 2.45) is 0 Å². The highest BCUT2D eigenvalue weighted by molar-refractivity contribution is 5.78. The van der Waals surface area contributed by atoms with Gasteiger partial charge in [-0.25, -0.2) is 0 Å². The van der Waals surface area contributed by atoms with E-state index < -0.39 is 0 Å². The molecule has 78 valence electrons. The Kier molecular flexibility index (Phi) is 4.43. The number of carbonyl (C=O) groups excluding carboxylic acids is 1. The lowest BCUT2D eigenvalue weighted by atomic mass is 10.0. The molecule has 2 nitrogen and oxygen atoms in total. The monoisotopic (exact) mass is 201 g/mol. The third-order valence-corrected chi connectivity index (χ3v) is 2.19. The van der Waals surface area contributed by atoms with Gasteiger partial charge in [0.15, 0.2) is 0 Å². The number of hydrogen-bond donors (Lipinski definition) is 1. The molecule has 0 bridgehead atoms. The van der Waals surface area contributed by atoms with Gasteiger partial charge >= 0.3 is 0 Å². The summed E-state index contributed by atoms with van der Waals surface area (Å²) in [6.45, 7) is 0. The number of terminal acetylenes is 1. The van der Waals surface area contributed by atoms with Crippen LogP contribution in [0.4, 0.5) is 5.69 Å². The molecule has 0 aliphatic rings. The first-order valence-corrected chi connectivity index (χ1v) is 5.02. The van der Waals surface area contributed by atoms with Crippen molar-refractivity contribution in [3.05, 3.63) is 29.8 Å². The maximum Gasteiger partial charge on any atom is 0.134 e. The Morgan fingerprint density at radius 1 is 1.40 bits per heavy atom. The number of carbonyl (C=O) groups is 1. The predicted molar refractivity (Wildman–Crippen MR) is 62.2 cm³/mol. The van der Waals surface area contributed by atoms with Crippen LogP contribution in [-0.4, -0.2) is 5.78 Å². The van der Waals surface area contributed by atoms with Crippen LogP contribution < -0.4 is 5.73 Å². The Morgan fingerprint density at radius 2 is 2.20 bits per heavy atom. The van der Waals surface area contributed by atoms with Crippen molar-refractivity contribution in [1.82, 2.24) is 0 Å². The van der Waals surface area contributed by atoms with Gasteiger partial charge in [-0.15, -0.1) is 12.3 Å². The summed E-state index contributed by atoms with van der Waals surface area (Å²) >= 11 is 0. The van der Waals surface area contributed by atoms with Crippen molar-refractivity contribution < 1.29 is 4.79 Å². The predicted octanol–water partition coefficient (Wildman–Crippen LogP) is 2.18. The van der Waals surface area contributed by atoms with Crippen molar-refractivity contribution in [3.8, 4) is 12.3 Å². The minimum atomic E-state index is 0.218. The highest BCUT2D eigenvalue weighted by Crippen LogP contribution is 2.09. The van der Waals surface area contributed by atoms with Gasteiger partial charge in [0, 0.05) is 24.9 Å². The molecular weight excluding hydrogens is 186 g/mol. The van der Waals surface area contributed by atoms with Gasteiger partial charge in [-0.1, -0.05) is 12.1 Å². The summed E-state index contributed by atoms with van der Waals surface area (Å²) in [5.74, 6) is 2.68. The third-order valence-electron chi connectivity index (χ3n) is 2.19. The van der Waals surface area contributed by atoms with Gasteiger partial charge in [-0.05, 0) is 24.1 Å². The molecule has 0 aromatic heterocycles. The number of Topliss-reactive ketones (excluding diaryl/α,β-unsaturated/α-hetero) is 1. The zero-order valence-electron chi connectivity index (χ0n) is 8.70. The van der Waals surface area contributed by atoms with Crippen LogP contribution in [0.15, 0.2) is 24.3 Å². The Morgan fingerprint density at radius 3 is 2.87 bits per heavy atom. The van der Waals surface area contributed by atoms with Gasteiger partial charge in [-0.3, -0.25) is 4.79 Å². The molecule has 0 heterocycles. The molecule has 0 unspecified atom stereocenters. The van der Waals surface area contributed by atoms with Gasteiger partial charge in [0.25, 0.3) is 0 Å². The van der Waals surface area contributed by atoms with Crippen molar-refractivity contribution in [2.75, 3.05) is 5.73 Å². The SMILES string of the molecule is C#CCCC(=O)CCc1cccc(N)c1. The highest BCUT2D eigenvalue weighted by Gasteiger charge is 2.01. The molecule has 1 aromatic carbocycles. The molecule has 0 amide bonds. The summed E-state index contributed by atoms with van der Waals surface area (Å²) in [6, 6.07) is 7.61. The first kappa shape index (κ1) is 11.3. The molecule has 2 N–H and O–H groups in total. The van der Waals surface area contributed by atoms with E-state index in [1.165, 1.54) is 0 Å². The lowest BCUT2D eigenvalue weighted by Crippen LogP contribution is -1.99. The Hall–Kier alpha value is -1.75. The van der Waals surface area contributed by atoms with Gasteiger partial charge in [-0.2, -0.15) is 0 Å². The Bertz CT molecular complexity index is 376. The van der Waals surface area contributed by atoms with Crippen LogP contribution in [0, 0.1) is 12.3 Å². The number of nitrogens with two attached hydrogens (primary N) is 1. The smallest absolute Gasteiger partial charge is 0.134 e. The van der Waals surface area contributed by atoms with Crippen molar-refractivity contribution in [3.63, 3.8) is 0 Å². The standard InChI is InChI=1S/C13H15NO/c1-2-3-7-13(15)9-8-11-5-4-6-12(14)10-11/h1,4-6,10H,3,7-9,14H2. The molecule has 0 radical (unpaired) electrons. The molecule has 0 saturated heterocycles. The van der Waals surface area contributed by atoms with E-state index in [1.54, 1.807) is 0 Å². The Balaban J connectivity index is 2.37. The van der Waals surface area contributed by atoms with Crippen LogP contribution in [0.25, 0.3) is 0 Å². The first-order chi connectivity index (χ1) is 7.22. The van der Waals surface area contributed by atoms with Gasteiger partial charge in [0.2, 0.25) is 0 Å². The fourth-order valence-corrected chi connectivity index (χ4v) is 1.37. The molecular formula is C13H15NO. The van der Waals surface area contributed by atoms with Crippen LogP contribution in [0.1, 0.15) is 24.8 Å². The topological polar surface area (TPSA) is 43.1 Å². The molecule has 15 heavy (non-hydrogen) atoms. The second kappa shape index (κ2) is 5.87. The summed E-state index contributed by atoms with van der Waals surface area (Å²) in [5.41, 5.74) is 7.47. The number of anilines is 1. The number of ketones is 1. The fourth-order valence-electron chi connectivity index (χ4n) is 1.37. The van der Waals surface area contributed by atoms with Crippen LogP contribution in [-0.2, 0) is 11.2 Å². The van der Waals surface area contributed by atoms with E-state index in [1.807, 2.05) is 24.3 Å². The normalized spacial score (nSPS) is 9.53. The molecule has 0 aliphatic heterocycles. The molecule has 2 heteroatoms. The maximum atomic E-state index is 11.3. The van der Waals surface area contributed by atoms with E-state index in [9.17, 15) is 4.79 Å². The second-order valence-corrected chi connectivity index (χ2v) is 3.49. The van der Waals surface area contributed by atoms with Crippen LogP contribution in [0.3, 0.4) is 0 Å². The van der Waals surface area contributed by atoms with Crippen molar-refractivity contribution in [1.29, 1.82) is 0 Å². The minimum absolute atomic E-state index is 0.218. The highest BCUT2D eigenvalue weighted by atomic mass is 16.1. The van der Waals surface area contributed by atoms with Crippen LogP contribution in [0.2, 0.25) is 0 Å². The molecule has 1 rings (SSSR count). The van der Waals surface area contributed by atoms with E-state index in [0.717, 1.165) is 17.7 Å². The van der Waals surface area contributed by atoms with Gasteiger partial charge in [0.1, 0.15) is 5.78 Å². The second-order valence-electron chi connectivity index (χ2n) is 3.49. The third kappa shape index (κ3) is 4.33. The number of nitrogen functional groups attached to an aromatic ring is 1. The number of hydrogen-bond acceptors (Lipinski definition) is 2. The summed E-state index contributed by atoms with van der Waals surface area (Å²) in [7, 11) is 0. The fraction of sp³-hybridized carbons (Fsp3) is 0.308. The van der Waals surface area contributed by atoms with E-state index in [4.69, 9.17) is 12.2 Å². The quantitative estimate of drug-likeness (QED) is 0.586. The van der Waals surface area contributed by atoms with E-state index in [2.05, 4.69) is 5.92 Å². The minimum Gasteiger partial charge on any atom is -0.399 e.